The lowest BCUT2D eigenvalue weighted by Gasteiger charge is -2.26. The van der Waals surface area contributed by atoms with Crippen LogP contribution in [0.15, 0.2) is 43.0 Å². The first-order valence-electron chi connectivity index (χ1n) is 11.7. The number of halogens is 2. The summed E-state index contributed by atoms with van der Waals surface area (Å²) in [5.74, 6) is 1.33. The van der Waals surface area contributed by atoms with Gasteiger partial charge in [0.25, 0.3) is 0 Å². The van der Waals surface area contributed by atoms with Gasteiger partial charge in [-0.05, 0) is 63.2 Å². The molecule has 1 saturated heterocycles. The van der Waals surface area contributed by atoms with Gasteiger partial charge in [0.1, 0.15) is 11.9 Å². The zero-order valence-corrected chi connectivity index (χ0v) is 20.9. The highest BCUT2D eigenvalue weighted by molar-refractivity contribution is 6.35. The predicted molar refractivity (Wildman–Crippen MR) is 139 cm³/mol. The van der Waals surface area contributed by atoms with Gasteiger partial charge in [0.05, 0.1) is 21.3 Å². The van der Waals surface area contributed by atoms with Crippen LogP contribution in [0.2, 0.25) is 10.0 Å². The van der Waals surface area contributed by atoms with Crippen molar-refractivity contribution in [3.8, 4) is 5.75 Å². The summed E-state index contributed by atoms with van der Waals surface area (Å²) >= 11 is 12.6. The van der Waals surface area contributed by atoms with Crippen LogP contribution < -0.4 is 4.74 Å². The van der Waals surface area contributed by atoms with E-state index >= 15 is 0 Å². The number of H-pyrrole nitrogens is 1. The lowest BCUT2D eigenvalue weighted by atomic mass is 10.1. The first-order valence-corrected chi connectivity index (χ1v) is 12.5. The highest BCUT2D eigenvalue weighted by atomic mass is 35.5. The maximum Gasteiger partial charge on any atom is 0.151 e. The Labute approximate surface area is 214 Å². The maximum atomic E-state index is 6.29. The second-order valence-electron chi connectivity index (χ2n) is 8.71. The zero-order valence-electron chi connectivity index (χ0n) is 19.4. The molecule has 3 aromatic heterocycles. The monoisotopic (exact) mass is 508 g/mol. The molecule has 0 spiro atoms. The molecule has 4 heterocycles. The van der Waals surface area contributed by atoms with Crippen LogP contribution in [0.1, 0.15) is 54.9 Å². The highest BCUT2D eigenvalue weighted by Crippen LogP contribution is 2.33. The van der Waals surface area contributed by atoms with Crippen molar-refractivity contribution in [1.82, 2.24) is 30.0 Å². The third-order valence-corrected chi connectivity index (χ3v) is 6.75. The minimum absolute atomic E-state index is 0.349. The summed E-state index contributed by atoms with van der Waals surface area (Å²) < 4.78 is 6.14. The fraction of sp³-hybridized carbons (Fsp3) is 0.308. The minimum Gasteiger partial charge on any atom is -0.486 e. The number of piperidine rings is 1. The maximum absolute atomic E-state index is 6.29. The SMILES string of the molecule is CC(Oc1ccc2[nH]nc(/C=C/c3ncc(CN4CCCCC4)cn3)c2c1)c1c(Cl)cncc1Cl. The molecule has 35 heavy (non-hydrogen) atoms. The molecule has 1 atom stereocenters. The number of aromatic nitrogens is 5. The van der Waals surface area contributed by atoms with Crippen LogP contribution in [-0.4, -0.2) is 43.1 Å². The number of hydrogen-bond acceptors (Lipinski definition) is 6. The Hall–Kier alpha value is -3.00. The van der Waals surface area contributed by atoms with Gasteiger partial charge in [-0.3, -0.25) is 15.0 Å². The molecule has 5 rings (SSSR count). The number of ether oxygens (including phenoxy) is 1. The fourth-order valence-corrected chi connectivity index (χ4v) is 5.02. The second kappa shape index (κ2) is 10.7. The standard InChI is InChI=1S/C26H26Cl2N6O/c1-17(26-21(27)14-29-15-22(26)28)35-19-5-6-23-20(11-19)24(33-32-23)7-8-25-30-12-18(13-31-25)16-34-9-3-2-4-10-34/h5-8,11-15,17H,2-4,9-10,16H2,1H3,(H,32,33)/b8-7+. The van der Waals surface area contributed by atoms with Gasteiger partial charge in [-0.15, -0.1) is 0 Å². The summed E-state index contributed by atoms with van der Waals surface area (Å²) in [6.45, 7) is 5.12. The number of benzene rings is 1. The minimum atomic E-state index is -0.349. The Balaban J connectivity index is 1.29. The van der Waals surface area contributed by atoms with Crippen LogP contribution in [-0.2, 0) is 6.54 Å². The van der Waals surface area contributed by atoms with E-state index in [1.807, 2.05) is 49.7 Å². The number of rotatable bonds is 7. The molecule has 180 valence electrons. The van der Waals surface area contributed by atoms with Crippen molar-refractivity contribution in [2.24, 2.45) is 0 Å². The third-order valence-electron chi connectivity index (χ3n) is 6.14. The fourth-order valence-electron chi connectivity index (χ4n) is 4.35. The van der Waals surface area contributed by atoms with Crippen LogP contribution in [0.25, 0.3) is 23.1 Å². The molecular weight excluding hydrogens is 483 g/mol. The van der Waals surface area contributed by atoms with E-state index in [9.17, 15) is 0 Å². The summed E-state index contributed by atoms with van der Waals surface area (Å²) in [6, 6.07) is 5.77. The van der Waals surface area contributed by atoms with Gasteiger partial charge in [-0.2, -0.15) is 5.10 Å². The summed E-state index contributed by atoms with van der Waals surface area (Å²) in [7, 11) is 0. The molecule has 0 saturated carbocycles. The summed E-state index contributed by atoms with van der Waals surface area (Å²) in [6.07, 6.45) is 14.2. The molecule has 1 aliphatic rings. The topological polar surface area (TPSA) is 79.8 Å². The molecule has 7 nitrogen and oxygen atoms in total. The van der Waals surface area contributed by atoms with Gasteiger partial charge >= 0.3 is 0 Å². The van der Waals surface area contributed by atoms with E-state index in [4.69, 9.17) is 27.9 Å². The molecule has 1 aromatic carbocycles. The summed E-state index contributed by atoms with van der Waals surface area (Å²) in [4.78, 5) is 15.5. The molecule has 0 amide bonds. The number of pyridine rings is 1. The molecule has 1 aliphatic heterocycles. The Morgan fingerprint density at radius 3 is 2.51 bits per heavy atom. The van der Waals surface area contributed by atoms with E-state index in [1.165, 1.54) is 19.3 Å². The van der Waals surface area contributed by atoms with Crippen LogP contribution in [0.4, 0.5) is 0 Å². The quantitative estimate of drug-likeness (QED) is 0.313. The van der Waals surface area contributed by atoms with Gasteiger partial charge in [0.15, 0.2) is 5.82 Å². The predicted octanol–water partition coefficient (Wildman–Crippen LogP) is 6.35. The Morgan fingerprint density at radius 1 is 1.03 bits per heavy atom. The molecular formula is C26H26Cl2N6O. The van der Waals surface area contributed by atoms with Crippen molar-refractivity contribution in [3.63, 3.8) is 0 Å². The molecule has 1 N–H and O–H groups in total. The van der Waals surface area contributed by atoms with E-state index in [-0.39, 0.29) is 6.10 Å². The molecule has 9 heteroatoms. The van der Waals surface area contributed by atoms with Crippen molar-refractivity contribution >= 4 is 46.3 Å². The van der Waals surface area contributed by atoms with E-state index in [1.54, 1.807) is 12.4 Å². The van der Waals surface area contributed by atoms with Crippen molar-refractivity contribution in [3.05, 3.63) is 75.7 Å². The van der Waals surface area contributed by atoms with Gasteiger partial charge in [-0.1, -0.05) is 29.6 Å². The Kier molecular flexibility index (Phi) is 7.27. The first-order chi connectivity index (χ1) is 17.1. The number of fused-ring (bicyclic) bond motifs is 1. The summed E-state index contributed by atoms with van der Waals surface area (Å²) in [5, 5.41) is 9.36. The van der Waals surface area contributed by atoms with Crippen molar-refractivity contribution in [2.75, 3.05) is 13.1 Å². The number of nitrogens with one attached hydrogen (secondary N) is 1. The summed E-state index contributed by atoms with van der Waals surface area (Å²) in [5.41, 5.74) is 3.53. The van der Waals surface area contributed by atoms with E-state index in [2.05, 4.69) is 30.0 Å². The van der Waals surface area contributed by atoms with E-state index < -0.39 is 0 Å². The van der Waals surface area contributed by atoms with Crippen molar-refractivity contribution in [2.45, 2.75) is 38.8 Å². The van der Waals surface area contributed by atoms with Gasteiger partial charge in [0, 0.05) is 47.8 Å². The van der Waals surface area contributed by atoms with Crippen molar-refractivity contribution < 1.29 is 4.74 Å². The van der Waals surface area contributed by atoms with Crippen LogP contribution in [0.3, 0.4) is 0 Å². The smallest absolute Gasteiger partial charge is 0.151 e. The zero-order chi connectivity index (χ0) is 24.2. The average molecular weight is 509 g/mol. The van der Waals surface area contributed by atoms with Crippen LogP contribution >= 0.6 is 23.2 Å². The number of likely N-dealkylation sites (tertiary alicyclic amines) is 1. The van der Waals surface area contributed by atoms with Crippen LogP contribution in [0.5, 0.6) is 5.75 Å². The van der Waals surface area contributed by atoms with Gasteiger partial charge < -0.3 is 4.74 Å². The molecule has 4 aromatic rings. The number of hydrogen-bond donors (Lipinski definition) is 1. The largest absolute Gasteiger partial charge is 0.486 e. The normalized spacial score (nSPS) is 15.6. The average Bonchev–Trinajstić information content (AvgIpc) is 3.26. The molecule has 1 fully saturated rings. The van der Waals surface area contributed by atoms with Crippen molar-refractivity contribution in [1.29, 1.82) is 0 Å². The lowest BCUT2D eigenvalue weighted by molar-refractivity contribution is 0.220. The molecule has 1 unspecified atom stereocenters. The molecule has 0 bridgehead atoms. The highest BCUT2D eigenvalue weighted by Gasteiger charge is 2.17. The Morgan fingerprint density at radius 2 is 1.77 bits per heavy atom. The lowest BCUT2D eigenvalue weighted by Crippen LogP contribution is -2.29. The molecule has 0 radical (unpaired) electrons. The number of aromatic amines is 1. The number of nitrogens with zero attached hydrogens (tertiary/aromatic N) is 5. The third kappa shape index (κ3) is 5.64. The molecule has 0 aliphatic carbocycles. The van der Waals surface area contributed by atoms with E-state index in [0.29, 0.717) is 27.2 Å². The first kappa shape index (κ1) is 23.7. The van der Waals surface area contributed by atoms with Gasteiger partial charge in [-0.25, -0.2) is 9.97 Å². The van der Waals surface area contributed by atoms with Gasteiger partial charge in [0.2, 0.25) is 0 Å². The van der Waals surface area contributed by atoms with Crippen LogP contribution in [0, 0.1) is 0 Å². The van der Waals surface area contributed by atoms with E-state index in [0.717, 1.165) is 41.8 Å². The second-order valence-corrected chi connectivity index (χ2v) is 9.53. The Bertz CT molecular complexity index is 1310.